The number of hydrogen-bond donors (Lipinski definition) is 1. The molecule has 1 aromatic rings. The van der Waals surface area contributed by atoms with Crippen LogP contribution in [0.3, 0.4) is 0 Å². The van der Waals surface area contributed by atoms with E-state index in [1.165, 1.54) is 37.7 Å². The van der Waals surface area contributed by atoms with Crippen LogP contribution in [0, 0.1) is 34.5 Å². The largest absolute Gasteiger partial charge is 0.497 e. The van der Waals surface area contributed by atoms with E-state index in [0.29, 0.717) is 16.7 Å². The molecule has 136 valence electrons. The molecule has 8 atom stereocenters. The normalized spacial score (nSPS) is 48.0. The molecule has 0 saturated heterocycles. The van der Waals surface area contributed by atoms with Crippen molar-refractivity contribution in [1.29, 1.82) is 0 Å². The molecule has 0 amide bonds. The summed E-state index contributed by atoms with van der Waals surface area (Å²) in [7, 11) is 1.77. The first-order valence-corrected chi connectivity index (χ1v) is 10.3. The van der Waals surface area contributed by atoms with Crippen LogP contribution in [0.25, 0.3) is 0 Å². The van der Waals surface area contributed by atoms with E-state index in [2.05, 4.69) is 32.0 Å². The summed E-state index contributed by atoms with van der Waals surface area (Å²) in [6.45, 7) is 7.06. The molecule has 2 heteroatoms. The van der Waals surface area contributed by atoms with E-state index in [9.17, 15) is 5.11 Å². The summed E-state index contributed by atoms with van der Waals surface area (Å²) in [6.07, 6.45) is 6.31. The van der Waals surface area contributed by atoms with Crippen LogP contribution in [-0.2, 0) is 6.42 Å². The van der Waals surface area contributed by atoms with E-state index in [1.54, 1.807) is 12.7 Å². The smallest absolute Gasteiger partial charge is 0.119 e. The quantitative estimate of drug-likeness (QED) is 0.838. The molecule has 3 saturated carbocycles. The first-order chi connectivity index (χ1) is 11.9. The first kappa shape index (κ1) is 16.2. The van der Waals surface area contributed by atoms with Crippen molar-refractivity contribution < 1.29 is 9.84 Å². The molecule has 1 N–H and O–H groups in total. The zero-order chi connectivity index (χ0) is 17.6. The lowest BCUT2D eigenvalue weighted by atomic mass is 9.48. The van der Waals surface area contributed by atoms with Crippen molar-refractivity contribution in [3.05, 3.63) is 29.3 Å². The molecule has 0 unspecified atom stereocenters. The van der Waals surface area contributed by atoms with Gasteiger partial charge in [0.15, 0.2) is 0 Å². The Hall–Kier alpha value is -1.02. The van der Waals surface area contributed by atoms with Crippen molar-refractivity contribution >= 4 is 0 Å². The Labute approximate surface area is 152 Å². The van der Waals surface area contributed by atoms with Gasteiger partial charge in [0, 0.05) is 0 Å². The van der Waals surface area contributed by atoms with Crippen molar-refractivity contribution in [3.8, 4) is 5.75 Å². The van der Waals surface area contributed by atoms with Gasteiger partial charge >= 0.3 is 0 Å². The number of methoxy groups -OCH3 is 1. The average Bonchev–Trinajstić information content (AvgIpc) is 3.23. The van der Waals surface area contributed by atoms with Gasteiger partial charge in [-0.3, -0.25) is 0 Å². The molecule has 1 spiro atoms. The highest BCUT2D eigenvalue weighted by atomic mass is 16.5. The monoisotopic (exact) mass is 340 g/mol. The number of ether oxygens (including phenoxy) is 1. The average molecular weight is 341 g/mol. The molecule has 0 heterocycles. The van der Waals surface area contributed by atoms with Crippen molar-refractivity contribution in [2.75, 3.05) is 7.11 Å². The van der Waals surface area contributed by atoms with Crippen LogP contribution in [0.1, 0.15) is 63.5 Å². The second-order valence-corrected chi connectivity index (χ2v) is 9.86. The molecule has 4 aliphatic carbocycles. The lowest BCUT2D eigenvalue weighted by Crippen LogP contribution is -2.50. The summed E-state index contributed by atoms with van der Waals surface area (Å²) in [6, 6.07) is 6.80. The minimum absolute atomic E-state index is 0.151. The Kier molecular flexibility index (Phi) is 3.25. The first-order valence-electron chi connectivity index (χ1n) is 10.3. The summed E-state index contributed by atoms with van der Waals surface area (Å²) in [5, 5.41) is 10.5. The van der Waals surface area contributed by atoms with Gasteiger partial charge in [0.2, 0.25) is 0 Å². The van der Waals surface area contributed by atoms with Crippen molar-refractivity contribution in [2.45, 2.75) is 64.9 Å². The number of benzene rings is 1. The fourth-order valence-corrected chi connectivity index (χ4v) is 8.16. The van der Waals surface area contributed by atoms with Gasteiger partial charge in [0.05, 0.1) is 13.2 Å². The van der Waals surface area contributed by atoms with Crippen LogP contribution < -0.4 is 4.74 Å². The van der Waals surface area contributed by atoms with Gasteiger partial charge in [-0.2, -0.15) is 0 Å². The fourth-order valence-electron chi connectivity index (χ4n) is 8.16. The predicted molar refractivity (Wildman–Crippen MR) is 99.8 cm³/mol. The summed E-state index contributed by atoms with van der Waals surface area (Å²) in [5.41, 5.74) is 3.99. The molecule has 0 radical (unpaired) electrons. The Morgan fingerprint density at radius 1 is 1.32 bits per heavy atom. The van der Waals surface area contributed by atoms with Crippen LogP contribution in [0.15, 0.2) is 18.2 Å². The maximum absolute atomic E-state index is 10.5. The minimum Gasteiger partial charge on any atom is -0.497 e. The predicted octanol–water partition coefficient (Wildman–Crippen LogP) is 4.79. The number of aliphatic hydroxyl groups excluding tert-OH is 1. The molecule has 5 rings (SSSR count). The zero-order valence-electron chi connectivity index (χ0n) is 16.1. The van der Waals surface area contributed by atoms with E-state index >= 15 is 0 Å². The highest BCUT2D eigenvalue weighted by Crippen LogP contribution is 2.83. The van der Waals surface area contributed by atoms with Gasteiger partial charge < -0.3 is 9.84 Å². The van der Waals surface area contributed by atoms with Crippen molar-refractivity contribution in [3.63, 3.8) is 0 Å². The Morgan fingerprint density at radius 2 is 2.12 bits per heavy atom. The van der Waals surface area contributed by atoms with Gasteiger partial charge in [-0.15, -0.1) is 0 Å². The van der Waals surface area contributed by atoms with E-state index in [1.807, 2.05) is 6.92 Å². The summed E-state index contributed by atoms with van der Waals surface area (Å²) in [5.74, 6) is 4.64. The highest BCUT2D eigenvalue weighted by molar-refractivity contribution is 5.43. The SMILES string of the molecule is COc1ccc2c(c1)C[C@@H](C)[C@@H]1[C@@H]2CC[C@]2(C)[C@@H]([C@H](C)O)C[C@@H]3C[C@@]312. The maximum Gasteiger partial charge on any atom is 0.119 e. The van der Waals surface area contributed by atoms with Crippen molar-refractivity contribution in [2.24, 2.45) is 34.5 Å². The van der Waals surface area contributed by atoms with Gasteiger partial charge in [0.1, 0.15) is 5.75 Å². The van der Waals surface area contributed by atoms with Crippen LogP contribution in [-0.4, -0.2) is 18.3 Å². The molecule has 0 aromatic heterocycles. The second kappa shape index (κ2) is 5.03. The Morgan fingerprint density at radius 3 is 2.84 bits per heavy atom. The van der Waals surface area contributed by atoms with E-state index in [4.69, 9.17) is 4.74 Å². The Bertz CT molecular complexity index is 710. The molecule has 4 aliphatic rings. The van der Waals surface area contributed by atoms with Crippen LogP contribution in [0.5, 0.6) is 5.75 Å². The van der Waals surface area contributed by atoms with Crippen LogP contribution >= 0.6 is 0 Å². The van der Waals surface area contributed by atoms with Gasteiger partial charge in [-0.1, -0.05) is 19.9 Å². The van der Waals surface area contributed by atoms with Gasteiger partial charge in [-0.05, 0) is 103 Å². The standard InChI is InChI=1S/C23H32O2/c1-13-9-15-10-17(25-4)5-6-18(15)19-7-8-22(3)20(14(2)24)11-16-12-23(16,22)21(13)19/h5-6,10,13-14,16,19-21,24H,7-9,11-12H2,1-4H3/t13-,14+,16-,19-,20-,21-,22-,23-/m1/s1. The number of hydrogen-bond acceptors (Lipinski definition) is 2. The maximum atomic E-state index is 10.5. The van der Waals surface area contributed by atoms with Gasteiger partial charge in [0.25, 0.3) is 0 Å². The lowest BCUT2D eigenvalue weighted by Gasteiger charge is -2.56. The third kappa shape index (κ3) is 1.85. The molecule has 25 heavy (non-hydrogen) atoms. The number of aliphatic hydroxyl groups is 1. The summed E-state index contributed by atoms with van der Waals surface area (Å²) < 4.78 is 5.48. The molecule has 0 aliphatic heterocycles. The third-order valence-electron chi connectivity index (χ3n) is 9.06. The molecular weight excluding hydrogens is 308 g/mol. The van der Waals surface area contributed by atoms with Crippen molar-refractivity contribution in [1.82, 2.24) is 0 Å². The van der Waals surface area contributed by atoms with Crippen LogP contribution in [0.4, 0.5) is 0 Å². The third-order valence-corrected chi connectivity index (χ3v) is 9.06. The van der Waals surface area contributed by atoms with E-state index in [0.717, 1.165) is 29.4 Å². The summed E-state index contributed by atoms with van der Waals surface area (Å²) in [4.78, 5) is 0. The van der Waals surface area contributed by atoms with E-state index in [-0.39, 0.29) is 6.10 Å². The number of rotatable bonds is 2. The Balaban J connectivity index is 1.57. The molecular formula is C23H32O2. The van der Waals surface area contributed by atoms with E-state index < -0.39 is 0 Å². The molecule has 1 aromatic carbocycles. The summed E-state index contributed by atoms with van der Waals surface area (Å²) >= 11 is 0. The highest BCUT2D eigenvalue weighted by Gasteiger charge is 2.77. The minimum atomic E-state index is -0.151. The second-order valence-electron chi connectivity index (χ2n) is 9.86. The topological polar surface area (TPSA) is 29.5 Å². The lowest BCUT2D eigenvalue weighted by molar-refractivity contribution is -0.0634. The zero-order valence-corrected chi connectivity index (χ0v) is 16.1. The van der Waals surface area contributed by atoms with Crippen LogP contribution in [0.2, 0.25) is 0 Å². The van der Waals surface area contributed by atoms with Gasteiger partial charge in [-0.25, -0.2) is 0 Å². The fraction of sp³-hybridized carbons (Fsp3) is 0.739. The molecule has 3 fully saturated rings. The molecule has 0 bridgehead atoms. The number of fused-ring (bicyclic) bond motifs is 3. The molecule has 2 nitrogen and oxygen atoms in total.